The number of nitrogens with one attached hydrogen (secondary N) is 1. The van der Waals surface area contributed by atoms with Crippen LogP contribution in [0.25, 0.3) is 0 Å². The molecule has 3 nitrogen and oxygen atoms in total. The smallest absolute Gasteiger partial charge is 0.119 e. The quantitative estimate of drug-likeness (QED) is 0.659. The summed E-state index contributed by atoms with van der Waals surface area (Å²) in [4.78, 5) is 0. The van der Waals surface area contributed by atoms with E-state index in [2.05, 4.69) is 31.3 Å². The van der Waals surface area contributed by atoms with Crippen LogP contribution in [0.2, 0.25) is 0 Å². The van der Waals surface area contributed by atoms with Crippen molar-refractivity contribution in [2.45, 2.75) is 33.2 Å². The van der Waals surface area contributed by atoms with Gasteiger partial charge in [-0.05, 0) is 37.1 Å². The first-order chi connectivity index (χ1) is 9.26. The minimum Gasteiger partial charge on any atom is -0.491 e. The highest BCUT2D eigenvalue weighted by Crippen LogP contribution is 2.13. The van der Waals surface area contributed by atoms with Crippen LogP contribution in [0, 0.1) is 5.92 Å². The summed E-state index contributed by atoms with van der Waals surface area (Å²) in [7, 11) is 1.94. The fourth-order valence-electron chi connectivity index (χ4n) is 2.03. The van der Waals surface area contributed by atoms with Gasteiger partial charge in [-0.3, -0.25) is 0 Å². The van der Waals surface area contributed by atoms with Crippen LogP contribution in [-0.2, 0) is 11.3 Å². The number of ether oxygens (including phenoxy) is 2. The van der Waals surface area contributed by atoms with Crippen LogP contribution in [0.4, 0.5) is 0 Å². The van der Waals surface area contributed by atoms with E-state index < -0.39 is 0 Å². The van der Waals surface area contributed by atoms with Crippen molar-refractivity contribution in [3.05, 3.63) is 29.8 Å². The predicted molar refractivity (Wildman–Crippen MR) is 79.6 cm³/mol. The first kappa shape index (κ1) is 16.0. The van der Waals surface area contributed by atoms with Crippen LogP contribution in [0.15, 0.2) is 24.3 Å². The molecule has 0 bridgehead atoms. The molecule has 0 saturated heterocycles. The lowest BCUT2D eigenvalue weighted by Gasteiger charge is -2.12. The molecule has 19 heavy (non-hydrogen) atoms. The Labute approximate surface area is 117 Å². The van der Waals surface area contributed by atoms with Gasteiger partial charge in [-0.2, -0.15) is 0 Å². The summed E-state index contributed by atoms with van der Waals surface area (Å²) in [5, 5.41) is 3.13. The van der Waals surface area contributed by atoms with Gasteiger partial charge in [-0.25, -0.2) is 0 Å². The van der Waals surface area contributed by atoms with Gasteiger partial charge in [-0.1, -0.05) is 32.4 Å². The summed E-state index contributed by atoms with van der Waals surface area (Å²) in [5.74, 6) is 1.56. The highest BCUT2D eigenvalue weighted by Gasteiger charge is 2.01. The Bertz CT molecular complexity index is 341. The molecule has 1 atom stereocenters. The molecule has 0 aliphatic carbocycles. The monoisotopic (exact) mass is 265 g/mol. The predicted octanol–water partition coefficient (Wildman–Crippen LogP) is 3.24. The molecule has 1 aromatic rings. The Morgan fingerprint density at radius 2 is 2.11 bits per heavy atom. The Kier molecular flexibility index (Phi) is 8.26. The number of hydrogen-bond acceptors (Lipinski definition) is 3. The van der Waals surface area contributed by atoms with E-state index in [9.17, 15) is 0 Å². The maximum absolute atomic E-state index is 5.68. The molecule has 0 aliphatic heterocycles. The molecule has 108 valence electrons. The summed E-state index contributed by atoms with van der Waals surface area (Å²) < 4.78 is 11.3. The Hall–Kier alpha value is -1.06. The summed E-state index contributed by atoms with van der Waals surface area (Å²) in [6.07, 6.45) is 2.45. The number of benzene rings is 1. The second-order valence-corrected chi connectivity index (χ2v) is 4.99. The van der Waals surface area contributed by atoms with Crippen molar-refractivity contribution >= 4 is 0 Å². The number of hydrogen-bond donors (Lipinski definition) is 1. The maximum atomic E-state index is 5.68. The van der Waals surface area contributed by atoms with E-state index in [0.29, 0.717) is 19.1 Å². The van der Waals surface area contributed by atoms with Gasteiger partial charge >= 0.3 is 0 Å². The van der Waals surface area contributed by atoms with E-state index in [-0.39, 0.29) is 0 Å². The molecule has 0 aromatic heterocycles. The second-order valence-electron chi connectivity index (χ2n) is 4.99. The van der Waals surface area contributed by atoms with Crippen LogP contribution in [-0.4, -0.2) is 26.9 Å². The lowest BCUT2D eigenvalue weighted by Crippen LogP contribution is -2.12. The zero-order valence-corrected chi connectivity index (χ0v) is 12.4. The number of rotatable bonds is 10. The standard InChI is InChI=1S/C16H27NO2/c1-4-6-14(2)13-18-9-10-19-16-8-5-7-15(11-16)12-17-3/h5,7-8,11,14,17H,4,6,9-10,12-13H2,1-3H3. The second kappa shape index (κ2) is 9.82. The molecule has 0 spiro atoms. The zero-order valence-electron chi connectivity index (χ0n) is 12.4. The highest BCUT2D eigenvalue weighted by atomic mass is 16.5. The lowest BCUT2D eigenvalue weighted by atomic mass is 10.1. The van der Waals surface area contributed by atoms with Crippen molar-refractivity contribution < 1.29 is 9.47 Å². The van der Waals surface area contributed by atoms with Crippen LogP contribution >= 0.6 is 0 Å². The minimum absolute atomic E-state index is 0.613. The third kappa shape index (κ3) is 7.19. The van der Waals surface area contributed by atoms with Gasteiger partial charge in [0.1, 0.15) is 12.4 Å². The van der Waals surface area contributed by atoms with E-state index in [4.69, 9.17) is 9.47 Å². The van der Waals surface area contributed by atoms with Crippen molar-refractivity contribution in [2.75, 3.05) is 26.9 Å². The fourth-order valence-corrected chi connectivity index (χ4v) is 2.03. The van der Waals surface area contributed by atoms with Crippen molar-refractivity contribution in [1.29, 1.82) is 0 Å². The van der Waals surface area contributed by atoms with Gasteiger partial charge in [0.05, 0.1) is 6.61 Å². The third-order valence-electron chi connectivity index (χ3n) is 2.96. The van der Waals surface area contributed by atoms with Crippen molar-refractivity contribution in [3.8, 4) is 5.75 Å². The van der Waals surface area contributed by atoms with Gasteiger partial charge < -0.3 is 14.8 Å². The molecule has 1 N–H and O–H groups in total. The molecule has 0 amide bonds. The first-order valence-corrected chi connectivity index (χ1v) is 7.20. The molecule has 1 aromatic carbocycles. The van der Waals surface area contributed by atoms with E-state index in [0.717, 1.165) is 18.9 Å². The molecule has 0 fully saturated rings. The van der Waals surface area contributed by atoms with Crippen molar-refractivity contribution in [3.63, 3.8) is 0 Å². The fraction of sp³-hybridized carbons (Fsp3) is 0.625. The first-order valence-electron chi connectivity index (χ1n) is 7.20. The lowest BCUT2D eigenvalue weighted by molar-refractivity contribution is 0.0758. The maximum Gasteiger partial charge on any atom is 0.119 e. The Morgan fingerprint density at radius 3 is 2.84 bits per heavy atom. The van der Waals surface area contributed by atoms with Gasteiger partial charge in [0, 0.05) is 13.2 Å². The molecule has 0 aliphatic rings. The van der Waals surface area contributed by atoms with E-state index >= 15 is 0 Å². The Balaban J connectivity index is 2.16. The molecule has 1 rings (SSSR count). The summed E-state index contributed by atoms with van der Waals surface area (Å²) in [5.41, 5.74) is 1.23. The normalized spacial score (nSPS) is 12.4. The van der Waals surface area contributed by atoms with Crippen LogP contribution < -0.4 is 10.1 Å². The molecule has 0 saturated carbocycles. The Morgan fingerprint density at radius 1 is 1.26 bits per heavy atom. The molecule has 0 heterocycles. The average molecular weight is 265 g/mol. The van der Waals surface area contributed by atoms with Gasteiger partial charge in [0.15, 0.2) is 0 Å². The van der Waals surface area contributed by atoms with Gasteiger partial charge in [0.2, 0.25) is 0 Å². The topological polar surface area (TPSA) is 30.5 Å². The van der Waals surface area contributed by atoms with E-state index in [1.54, 1.807) is 0 Å². The minimum atomic E-state index is 0.613. The highest BCUT2D eigenvalue weighted by molar-refractivity contribution is 5.28. The SMILES string of the molecule is CCCC(C)COCCOc1cccc(CNC)c1. The van der Waals surface area contributed by atoms with Crippen LogP contribution in [0.5, 0.6) is 5.75 Å². The van der Waals surface area contributed by atoms with Gasteiger partial charge in [0.25, 0.3) is 0 Å². The van der Waals surface area contributed by atoms with Crippen LogP contribution in [0.3, 0.4) is 0 Å². The average Bonchev–Trinajstić information content (AvgIpc) is 2.39. The zero-order chi connectivity index (χ0) is 13.9. The molecule has 3 heteroatoms. The van der Waals surface area contributed by atoms with Gasteiger partial charge in [-0.15, -0.1) is 0 Å². The largest absolute Gasteiger partial charge is 0.491 e. The molecular formula is C16H27NO2. The third-order valence-corrected chi connectivity index (χ3v) is 2.96. The summed E-state index contributed by atoms with van der Waals surface area (Å²) in [6.45, 7) is 7.40. The molecule has 1 unspecified atom stereocenters. The van der Waals surface area contributed by atoms with E-state index in [1.807, 2.05) is 19.2 Å². The summed E-state index contributed by atoms with van der Waals surface area (Å²) >= 11 is 0. The molecular weight excluding hydrogens is 238 g/mol. The van der Waals surface area contributed by atoms with Crippen LogP contribution in [0.1, 0.15) is 32.3 Å². The van der Waals surface area contributed by atoms with Crippen molar-refractivity contribution in [2.24, 2.45) is 5.92 Å². The van der Waals surface area contributed by atoms with Crippen molar-refractivity contribution in [1.82, 2.24) is 5.32 Å². The molecule has 0 radical (unpaired) electrons. The van der Waals surface area contributed by atoms with E-state index in [1.165, 1.54) is 18.4 Å². The summed E-state index contributed by atoms with van der Waals surface area (Å²) in [6, 6.07) is 8.16.